The monoisotopic (exact) mass is 701 g/mol. The highest BCUT2D eigenvalue weighted by Crippen LogP contribution is 2.47. The molecular formula is C39H47NO9Si. The molecule has 5 rings (SSSR count). The number of benzene rings is 2. The van der Waals surface area contributed by atoms with Gasteiger partial charge in [-0.15, -0.1) is 0 Å². The fourth-order valence-corrected chi connectivity index (χ4v) is 12.3. The van der Waals surface area contributed by atoms with Gasteiger partial charge in [0, 0.05) is 5.92 Å². The molecule has 266 valence electrons. The SMILES string of the molecule is COC(=O)N1C(=O)[C@@H]2[C@@H](CC(CO[Si](c3ccccc3)(c3ccccc3)C(C)(C)C)=C([C@H](O)CC/C(C)=C/c3ccc(CO)o3)[C@@H]2CO)C1=O. The molecule has 2 aromatic carbocycles. The van der Waals surface area contributed by atoms with Crippen LogP contribution in [0, 0.1) is 17.8 Å². The fraction of sp³-hybridized carbons (Fsp3) is 0.410. The molecule has 1 aromatic heterocycles. The normalized spacial score (nSPS) is 20.7. The number of aliphatic hydroxyl groups is 3. The molecule has 1 saturated heterocycles. The van der Waals surface area contributed by atoms with E-state index in [0.717, 1.165) is 23.1 Å². The summed E-state index contributed by atoms with van der Waals surface area (Å²) in [5.74, 6) is -3.28. The van der Waals surface area contributed by atoms with Crippen molar-refractivity contribution in [2.45, 2.75) is 64.7 Å². The van der Waals surface area contributed by atoms with Gasteiger partial charge in [0.25, 0.3) is 8.32 Å². The number of furan rings is 1. The summed E-state index contributed by atoms with van der Waals surface area (Å²) in [6, 6.07) is 23.6. The number of carbonyl (C=O) groups is 3. The smallest absolute Gasteiger partial charge is 0.423 e. The highest BCUT2D eigenvalue weighted by atomic mass is 28.4. The molecule has 2 heterocycles. The highest BCUT2D eigenvalue weighted by Gasteiger charge is 2.58. The van der Waals surface area contributed by atoms with Crippen molar-refractivity contribution in [2.24, 2.45) is 17.8 Å². The van der Waals surface area contributed by atoms with E-state index in [1.165, 1.54) is 0 Å². The van der Waals surface area contributed by atoms with E-state index in [0.29, 0.717) is 34.0 Å². The molecule has 0 saturated carbocycles. The van der Waals surface area contributed by atoms with Crippen LogP contribution < -0.4 is 10.4 Å². The predicted octanol–water partition coefficient (Wildman–Crippen LogP) is 4.57. The van der Waals surface area contributed by atoms with Crippen LogP contribution in [0.5, 0.6) is 0 Å². The molecule has 2 aliphatic rings. The summed E-state index contributed by atoms with van der Waals surface area (Å²) in [6.45, 7) is 7.69. The van der Waals surface area contributed by atoms with Crippen molar-refractivity contribution >= 4 is 42.7 Å². The summed E-state index contributed by atoms with van der Waals surface area (Å²) in [6.07, 6.45) is 0.465. The van der Waals surface area contributed by atoms with Gasteiger partial charge in [0.2, 0.25) is 11.8 Å². The molecule has 0 bridgehead atoms. The van der Waals surface area contributed by atoms with Crippen LogP contribution in [0.15, 0.2) is 93.9 Å². The second kappa shape index (κ2) is 15.4. The Kier molecular flexibility index (Phi) is 11.4. The Balaban J connectivity index is 1.57. The molecule has 50 heavy (non-hydrogen) atoms. The van der Waals surface area contributed by atoms with Gasteiger partial charge in [0.05, 0.1) is 38.3 Å². The Bertz CT molecular complexity index is 1700. The number of allylic oxidation sites excluding steroid dienone is 1. The highest BCUT2D eigenvalue weighted by molar-refractivity contribution is 6.99. The standard InChI is InChI=1S/C39H47NO9Si/c1-25(20-27-17-18-28(22-41)49-27)16-19-33(43)34-26(21-31-35(32(34)23-42)37(45)40(36(31)44)38(46)47-5)24-48-50(39(2,3)4,29-12-8-6-9-13-29)30-14-10-7-11-15-30/h6-15,17-18,20,31-33,35,41-43H,16,19,21-24H2,1-5H3/b25-20+/t31-,32+,33-,35-/m1/s1. The van der Waals surface area contributed by atoms with Crippen LogP contribution in [-0.4, -0.2) is 72.9 Å². The molecule has 0 unspecified atom stereocenters. The number of methoxy groups -OCH3 is 1. The second-order valence-corrected chi connectivity index (χ2v) is 18.4. The zero-order valence-electron chi connectivity index (χ0n) is 29.3. The number of amides is 3. The third kappa shape index (κ3) is 7.06. The van der Waals surface area contributed by atoms with Crippen LogP contribution >= 0.6 is 0 Å². The van der Waals surface area contributed by atoms with Crippen molar-refractivity contribution in [1.82, 2.24) is 4.90 Å². The number of hydrogen-bond donors (Lipinski definition) is 3. The fourth-order valence-electron chi connectivity index (χ4n) is 7.71. The quantitative estimate of drug-likeness (QED) is 0.140. The van der Waals surface area contributed by atoms with Gasteiger partial charge in [-0.2, -0.15) is 4.90 Å². The molecule has 1 aliphatic carbocycles. The lowest BCUT2D eigenvalue weighted by Crippen LogP contribution is -2.66. The van der Waals surface area contributed by atoms with E-state index >= 15 is 0 Å². The number of carbonyl (C=O) groups excluding carboxylic acids is 3. The first-order valence-electron chi connectivity index (χ1n) is 17.0. The first-order chi connectivity index (χ1) is 23.9. The number of rotatable bonds is 12. The van der Waals surface area contributed by atoms with Crippen molar-refractivity contribution in [2.75, 3.05) is 20.3 Å². The number of likely N-dealkylation sites (tertiary alicyclic amines) is 1. The number of hydrogen-bond acceptors (Lipinski definition) is 9. The minimum absolute atomic E-state index is 0.0459. The largest absolute Gasteiger partial charge is 0.459 e. The van der Waals surface area contributed by atoms with E-state index in [1.807, 2.05) is 49.4 Å². The maximum atomic E-state index is 13.6. The summed E-state index contributed by atoms with van der Waals surface area (Å²) in [4.78, 5) is 40.4. The van der Waals surface area contributed by atoms with Crippen LogP contribution in [0.4, 0.5) is 4.79 Å². The third-order valence-corrected chi connectivity index (χ3v) is 15.0. The number of ether oxygens (including phenoxy) is 1. The second-order valence-electron chi connectivity index (χ2n) is 14.1. The molecule has 0 radical (unpaired) electrons. The van der Waals surface area contributed by atoms with E-state index in [1.54, 1.807) is 12.1 Å². The molecule has 3 aromatic rings. The zero-order chi connectivity index (χ0) is 36.2. The molecule has 4 atom stereocenters. The zero-order valence-corrected chi connectivity index (χ0v) is 30.3. The summed E-state index contributed by atoms with van der Waals surface area (Å²) >= 11 is 0. The lowest BCUT2D eigenvalue weighted by atomic mass is 9.68. The number of fused-ring (bicyclic) bond motifs is 1. The number of nitrogens with zero attached hydrogens (tertiary/aromatic N) is 1. The topological polar surface area (TPSA) is 147 Å². The van der Waals surface area contributed by atoms with E-state index in [-0.39, 0.29) is 31.1 Å². The lowest BCUT2D eigenvalue weighted by Gasteiger charge is -2.44. The van der Waals surface area contributed by atoms with E-state index < -0.39 is 56.7 Å². The predicted molar refractivity (Wildman–Crippen MR) is 191 cm³/mol. The Morgan fingerprint density at radius 3 is 2.14 bits per heavy atom. The Morgan fingerprint density at radius 2 is 1.62 bits per heavy atom. The number of imide groups is 3. The third-order valence-electron chi connectivity index (χ3n) is 10.0. The van der Waals surface area contributed by atoms with Gasteiger partial charge >= 0.3 is 6.09 Å². The van der Waals surface area contributed by atoms with Crippen molar-refractivity contribution in [3.63, 3.8) is 0 Å². The molecule has 3 N–H and O–H groups in total. The average molecular weight is 702 g/mol. The van der Waals surface area contributed by atoms with Gasteiger partial charge in [-0.05, 0) is 71.0 Å². The molecule has 1 aliphatic heterocycles. The van der Waals surface area contributed by atoms with Crippen molar-refractivity contribution in [3.05, 3.63) is 101 Å². The molecule has 0 spiro atoms. The summed E-state index contributed by atoms with van der Waals surface area (Å²) in [5.41, 5.74) is 2.01. The van der Waals surface area contributed by atoms with E-state index in [2.05, 4.69) is 45.0 Å². The summed E-state index contributed by atoms with van der Waals surface area (Å²) < 4.78 is 17.6. The minimum Gasteiger partial charge on any atom is -0.459 e. The Hall–Kier alpha value is -4.13. The van der Waals surface area contributed by atoms with Crippen LogP contribution in [0.3, 0.4) is 0 Å². The van der Waals surface area contributed by atoms with Crippen molar-refractivity contribution < 1.29 is 43.3 Å². The van der Waals surface area contributed by atoms with Crippen LogP contribution in [0.2, 0.25) is 5.04 Å². The van der Waals surface area contributed by atoms with Crippen LogP contribution in [0.25, 0.3) is 6.08 Å². The van der Waals surface area contributed by atoms with Gasteiger partial charge in [-0.1, -0.05) is 87.0 Å². The lowest BCUT2D eigenvalue weighted by molar-refractivity contribution is -0.137. The summed E-state index contributed by atoms with van der Waals surface area (Å²) in [7, 11) is -1.96. The van der Waals surface area contributed by atoms with E-state index in [9.17, 15) is 29.7 Å². The van der Waals surface area contributed by atoms with Crippen molar-refractivity contribution in [1.29, 1.82) is 0 Å². The average Bonchev–Trinajstić information content (AvgIpc) is 3.67. The van der Waals surface area contributed by atoms with Crippen LogP contribution in [-0.2, 0) is 25.4 Å². The first-order valence-corrected chi connectivity index (χ1v) is 18.9. The van der Waals surface area contributed by atoms with Gasteiger partial charge in [0.15, 0.2) is 0 Å². The van der Waals surface area contributed by atoms with Gasteiger partial charge in [0.1, 0.15) is 18.1 Å². The maximum absolute atomic E-state index is 13.6. The minimum atomic E-state index is -3.06. The molecule has 11 heteroatoms. The van der Waals surface area contributed by atoms with Crippen molar-refractivity contribution in [3.8, 4) is 0 Å². The van der Waals surface area contributed by atoms with Crippen LogP contribution in [0.1, 0.15) is 58.5 Å². The Labute approximate surface area is 294 Å². The molecular weight excluding hydrogens is 655 g/mol. The number of aliphatic hydroxyl groups excluding tert-OH is 3. The molecule has 10 nitrogen and oxygen atoms in total. The van der Waals surface area contributed by atoms with Gasteiger partial charge in [-0.25, -0.2) is 4.79 Å². The maximum Gasteiger partial charge on any atom is 0.423 e. The van der Waals surface area contributed by atoms with Gasteiger partial charge in [-0.3, -0.25) is 9.59 Å². The molecule has 3 amide bonds. The summed E-state index contributed by atoms with van der Waals surface area (Å²) in [5, 5.41) is 33.9. The Morgan fingerprint density at radius 1 is 1.00 bits per heavy atom. The van der Waals surface area contributed by atoms with E-state index in [4.69, 9.17) is 13.6 Å². The first kappa shape index (κ1) is 37.1. The van der Waals surface area contributed by atoms with Gasteiger partial charge < -0.3 is 28.9 Å². The molecule has 1 fully saturated rings.